The second-order valence-electron chi connectivity index (χ2n) is 5.21. The zero-order valence-corrected chi connectivity index (χ0v) is 13.0. The molecule has 0 radical (unpaired) electrons. The van der Waals surface area contributed by atoms with Crippen LogP contribution in [0.4, 0.5) is 11.5 Å². The first-order valence-electron chi connectivity index (χ1n) is 7.01. The number of ether oxygens (including phenoxy) is 1. The Morgan fingerprint density at radius 3 is 2.73 bits per heavy atom. The van der Waals surface area contributed by atoms with Gasteiger partial charge in [0.05, 0.1) is 25.1 Å². The lowest BCUT2D eigenvalue weighted by atomic mass is 10.1. The highest BCUT2D eigenvalue weighted by Gasteiger charge is 2.17. The van der Waals surface area contributed by atoms with Crippen LogP contribution in [0.15, 0.2) is 29.2 Å². The van der Waals surface area contributed by atoms with Crippen molar-refractivity contribution in [3.63, 3.8) is 0 Å². The number of halogens is 1. The highest BCUT2D eigenvalue weighted by atomic mass is 35.5. The number of morpholine rings is 1. The van der Waals surface area contributed by atoms with E-state index in [0.29, 0.717) is 29.6 Å². The number of nitrogens with two attached hydrogens (primary N) is 1. The zero-order valence-electron chi connectivity index (χ0n) is 12.3. The van der Waals surface area contributed by atoms with Crippen LogP contribution in [0.2, 0.25) is 5.15 Å². The maximum absolute atomic E-state index is 12.3. The van der Waals surface area contributed by atoms with Crippen molar-refractivity contribution >= 4 is 23.1 Å². The number of rotatable bonds is 2. The third kappa shape index (κ3) is 2.80. The summed E-state index contributed by atoms with van der Waals surface area (Å²) in [7, 11) is 1.76. The van der Waals surface area contributed by atoms with E-state index in [1.54, 1.807) is 23.7 Å². The summed E-state index contributed by atoms with van der Waals surface area (Å²) < 4.78 is 6.99. The maximum Gasteiger partial charge on any atom is 0.252 e. The van der Waals surface area contributed by atoms with E-state index in [1.807, 2.05) is 6.07 Å². The summed E-state index contributed by atoms with van der Waals surface area (Å²) >= 11 is 6.15. The van der Waals surface area contributed by atoms with Crippen LogP contribution in [0.5, 0.6) is 0 Å². The van der Waals surface area contributed by atoms with Gasteiger partial charge in [-0.1, -0.05) is 11.6 Å². The number of nitrogens with zero attached hydrogens (tertiary/aromatic N) is 3. The average Bonchev–Trinajstić information content (AvgIpc) is 2.53. The lowest BCUT2D eigenvalue weighted by Crippen LogP contribution is -2.39. The maximum atomic E-state index is 12.3. The van der Waals surface area contributed by atoms with Gasteiger partial charge in [0, 0.05) is 31.8 Å². The van der Waals surface area contributed by atoms with Crippen molar-refractivity contribution in [1.29, 1.82) is 0 Å². The molecule has 0 bridgehead atoms. The van der Waals surface area contributed by atoms with Crippen molar-refractivity contribution in [3.8, 4) is 11.1 Å². The Kier molecular flexibility index (Phi) is 4.04. The quantitative estimate of drug-likeness (QED) is 0.849. The molecule has 116 valence electrons. The van der Waals surface area contributed by atoms with Gasteiger partial charge in [0.15, 0.2) is 0 Å². The Labute approximate surface area is 133 Å². The van der Waals surface area contributed by atoms with Gasteiger partial charge in [0.1, 0.15) is 11.0 Å². The lowest BCUT2D eigenvalue weighted by molar-refractivity contribution is 0.122. The molecule has 1 fully saturated rings. The SMILES string of the molecule is Cn1c(N2CCOCC2)cc(-c2cc(N)cnc2Cl)cc1=O. The molecule has 1 aliphatic rings. The minimum absolute atomic E-state index is 0.0996. The Morgan fingerprint density at radius 2 is 2.00 bits per heavy atom. The van der Waals surface area contributed by atoms with Gasteiger partial charge >= 0.3 is 0 Å². The fourth-order valence-corrected chi connectivity index (χ4v) is 2.75. The normalized spacial score (nSPS) is 15.1. The van der Waals surface area contributed by atoms with E-state index in [9.17, 15) is 4.79 Å². The molecule has 0 atom stereocenters. The molecule has 0 amide bonds. The van der Waals surface area contributed by atoms with E-state index in [1.165, 1.54) is 6.20 Å². The molecule has 1 saturated heterocycles. The van der Waals surface area contributed by atoms with Crippen LogP contribution in [0.3, 0.4) is 0 Å². The number of hydrogen-bond donors (Lipinski definition) is 1. The highest BCUT2D eigenvalue weighted by molar-refractivity contribution is 6.32. The molecule has 0 unspecified atom stereocenters. The van der Waals surface area contributed by atoms with Crippen molar-refractivity contribution in [2.45, 2.75) is 0 Å². The van der Waals surface area contributed by atoms with E-state index in [4.69, 9.17) is 22.1 Å². The van der Waals surface area contributed by atoms with Gasteiger partial charge in [-0.2, -0.15) is 0 Å². The molecule has 6 nitrogen and oxygen atoms in total. The van der Waals surface area contributed by atoms with Gasteiger partial charge in [-0.05, 0) is 17.7 Å². The molecule has 0 spiro atoms. The van der Waals surface area contributed by atoms with Gasteiger partial charge in [-0.25, -0.2) is 4.98 Å². The number of aromatic nitrogens is 2. The summed E-state index contributed by atoms with van der Waals surface area (Å²) in [6, 6.07) is 5.22. The summed E-state index contributed by atoms with van der Waals surface area (Å²) in [5, 5.41) is 0.329. The van der Waals surface area contributed by atoms with Gasteiger partial charge in [-0.3, -0.25) is 9.36 Å². The van der Waals surface area contributed by atoms with Crippen LogP contribution in [-0.4, -0.2) is 35.9 Å². The third-order valence-electron chi connectivity index (χ3n) is 3.74. The second kappa shape index (κ2) is 5.98. The summed E-state index contributed by atoms with van der Waals surface area (Å²) in [5.41, 5.74) is 7.57. The second-order valence-corrected chi connectivity index (χ2v) is 5.56. The molecule has 0 aromatic carbocycles. The minimum Gasteiger partial charge on any atom is -0.397 e. The van der Waals surface area contributed by atoms with Crippen LogP contribution in [0.25, 0.3) is 11.1 Å². The van der Waals surface area contributed by atoms with Crippen molar-refractivity contribution in [2.75, 3.05) is 36.9 Å². The van der Waals surface area contributed by atoms with Crippen molar-refractivity contribution < 1.29 is 4.74 Å². The van der Waals surface area contributed by atoms with Crippen molar-refractivity contribution in [2.24, 2.45) is 7.05 Å². The van der Waals surface area contributed by atoms with E-state index in [2.05, 4.69) is 9.88 Å². The number of hydrogen-bond acceptors (Lipinski definition) is 5. The van der Waals surface area contributed by atoms with Crippen LogP contribution >= 0.6 is 11.6 Å². The number of pyridine rings is 2. The topological polar surface area (TPSA) is 73.4 Å². The Morgan fingerprint density at radius 1 is 1.27 bits per heavy atom. The highest BCUT2D eigenvalue weighted by Crippen LogP contribution is 2.29. The summed E-state index contributed by atoms with van der Waals surface area (Å²) in [5.74, 6) is 0.837. The molecule has 3 heterocycles. The molecule has 0 saturated carbocycles. The number of anilines is 2. The standard InChI is InChI=1S/C15H17ClN4O2/c1-19-13(20-2-4-22-5-3-20)6-10(7-14(19)21)12-8-11(17)9-18-15(12)16/h6-9H,2-5,17H2,1H3. The first-order valence-corrected chi connectivity index (χ1v) is 7.39. The molecule has 0 aliphatic carbocycles. The largest absolute Gasteiger partial charge is 0.397 e. The van der Waals surface area contributed by atoms with Crippen LogP contribution in [0, 0.1) is 0 Å². The van der Waals surface area contributed by atoms with Crippen molar-refractivity contribution in [3.05, 3.63) is 39.9 Å². The Bertz CT molecular complexity index is 754. The first kappa shape index (κ1) is 14.9. The fraction of sp³-hybridized carbons (Fsp3) is 0.333. The third-order valence-corrected chi connectivity index (χ3v) is 4.05. The van der Waals surface area contributed by atoms with Crippen LogP contribution in [-0.2, 0) is 11.8 Å². The Hall–Kier alpha value is -2.05. The van der Waals surface area contributed by atoms with Gasteiger partial charge in [-0.15, -0.1) is 0 Å². The summed E-state index contributed by atoms with van der Waals surface area (Å²) in [6.07, 6.45) is 1.50. The summed E-state index contributed by atoms with van der Waals surface area (Å²) in [6.45, 7) is 2.80. The van der Waals surface area contributed by atoms with Crippen LogP contribution in [0.1, 0.15) is 0 Å². The predicted molar refractivity (Wildman–Crippen MR) is 87.4 cm³/mol. The minimum atomic E-state index is -0.0996. The predicted octanol–water partition coefficient (Wildman–Crippen LogP) is 1.52. The molecule has 22 heavy (non-hydrogen) atoms. The molecular formula is C15H17ClN4O2. The van der Waals surface area contributed by atoms with Gasteiger partial charge in [0.25, 0.3) is 5.56 Å². The molecule has 1 aliphatic heterocycles. The first-order chi connectivity index (χ1) is 10.6. The number of nitrogen functional groups attached to an aromatic ring is 1. The van der Waals surface area contributed by atoms with E-state index < -0.39 is 0 Å². The van der Waals surface area contributed by atoms with Gasteiger partial charge in [0.2, 0.25) is 0 Å². The molecular weight excluding hydrogens is 304 g/mol. The lowest BCUT2D eigenvalue weighted by Gasteiger charge is -2.30. The molecule has 2 aromatic rings. The fourth-order valence-electron chi connectivity index (χ4n) is 2.54. The molecule has 2 N–H and O–H groups in total. The van der Waals surface area contributed by atoms with E-state index in [0.717, 1.165) is 24.5 Å². The zero-order chi connectivity index (χ0) is 15.7. The monoisotopic (exact) mass is 320 g/mol. The Balaban J connectivity index is 2.11. The molecule has 3 rings (SSSR count). The van der Waals surface area contributed by atoms with E-state index >= 15 is 0 Å². The van der Waals surface area contributed by atoms with Crippen LogP contribution < -0.4 is 16.2 Å². The van der Waals surface area contributed by atoms with Crippen molar-refractivity contribution in [1.82, 2.24) is 9.55 Å². The van der Waals surface area contributed by atoms with Gasteiger partial charge < -0.3 is 15.4 Å². The molecule has 2 aromatic heterocycles. The summed E-state index contributed by atoms with van der Waals surface area (Å²) in [4.78, 5) is 18.5. The van der Waals surface area contributed by atoms with E-state index in [-0.39, 0.29) is 5.56 Å². The smallest absolute Gasteiger partial charge is 0.252 e. The molecule has 7 heteroatoms. The average molecular weight is 321 g/mol.